The van der Waals surface area contributed by atoms with Crippen LogP contribution in [0.1, 0.15) is 46.0 Å². The molecular formula is C14H29ClN2. The average Bonchev–Trinajstić information content (AvgIpc) is 2.28. The summed E-state index contributed by atoms with van der Waals surface area (Å²) >= 11 is 0. The molecule has 3 atom stereocenters. The van der Waals surface area contributed by atoms with E-state index in [1.807, 2.05) is 0 Å². The molecule has 0 radical (unpaired) electrons. The van der Waals surface area contributed by atoms with Gasteiger partial charge in [0.2, 0.25) is 0 Å². The van der Waals surface area contributed by atoms with Crippen molar-refractivity contribution in [3.63, 3.8) is 0 Å². The molecule has 1 N–H and O–H groups in total. The molecule has 102 valence electrons. The zero-order chi connectivity index (χ0) is 11.4. The molecule has 0 amide bonds. The van der Waals surface area contributed by atoms with Crippen molar-refractivity contribution in [3.05, 3.63) is 0 Å². The van der Waals surface area contributed by atoms with Crippen LogP contribution in [-0.4, -0.2) is 37.1 Å². The summed E-state index contributed by atoms with van der Waals surface area (Å²) in [7, 11) is 0. The highest BCUT2D eigenvalue weighted by molar-refractivity contribution is 5.85. The Morgan fingerprint density at radius 2 is 2.06 bits per heavy atom. The number of nitrogens with one attached hydrogen (secondary N) is 1. The molecule has 17 heavy (non-hydrogen) atoms. The summed E-state index contributed by atoms with van der Waals surface area (Å²) in [5.74, 6) is 2.00. The lowest BCUT2D eigenvalue weighted by Gasteiger charge is -2.36. The summed E-state index contributed by atoms with van der Waals surface area (Å²) in [5, 5.41) is 3.47. The fourth-order valence-electron chi connectivity index (χ4n) is 3.39. The summed E-state index contributed by atoms with van der Waals surface area (Å²) in [6.45, 7) is 9.74. The number of rotatable bonds is 3. The van der Waals surface area contributed by atoms with E-state index in [1.54, 1.807) is 0 Å². The lowest BCUT2D eigenvalue weighted by molar-refractivity contribution is 0.150. The first-order valence-electron chi connectivity index (χ1n) is 7.20. The smallest absolute Gasteiger partial charge is 0.0192 e. The Bertz CT molecular complexity index is 210. The van der Waals surface area contributed by atoms with Crippen molar-refractivity contribution in [1.82, 2.24) is 10.2 Å². The van der Waals surface area contributed by atoms with Gasteiger partial charge in [-0.25, -0.2) is 0 Å². The highest BCUT2D eigenvalue weighted by atomic mass is 35.5. The van der Waals surface area contributed by atoms with Crippen LogP contribution in [0.3, 0.4) is 0 Å². The average molecular weight is 261 g/mol. The number of hydrogen-bond acceptors (Lipinski definition) is 2. The van der Waals surface area contributed by atoms with E-state index in [0.717, 1.165) is 17.9 Å². The Kier molecular flexibility index (Phi) is 6.83. The van der Waals surface area contributed by atoms with Crippen molar-refractivity contribution in [3.8, 4) is 0 Å². The van der Waals surface area contributed by atoms with Gasteiger partial charge in [0.05, 0.1) is 0 Å². The maximum Gasteiger partial charge on any atom is 0.0192 e. The van der Waals surface area contributed by atoms with E-state index in [9.17, 15) is 0 Å². The van der Waals surface area contributed by atoms with Crippen LogP contribution in [0.5, 0.6) is 0 Å². The van der Waals surface area contributed by atoms with Gasteiger partial charge < -0.3 is 5.32 Å². The first-order chi connectivity index (χ1) is 7.75. The Morgan fingerprint density at radius 3 is 2.76 bits per heavy atom. The van der Waals surface area contributed by atoms with Crippen LogP contribution in [0, 0.1) is 11.8 Å². The van der Waals surface area contributed by atoms with Gasteiger partial charge >= 0.3 is 0 Å². The molecule has 3 heteroatoms. The van der Waals surface area contributed by atoms with E-state index in [4.69, 9.17) is 0 Å². The molecule has 0 spiro atoms. The molecule has 2 aliphatic rings. The quantitative estimate of drug-likeness (QED) is 0.840. The second-order valence-electron chi connectivity index (χ2n) is 6.02. The monoisotopic (exact) mass is 260 g/mol. The van der Waals surface area contributed by atoms with Crippen LogP contribution >= 0.6 is 12.4 Å². The van der Waals surface area contributed by atoms with Crippen molar-refractivity contribution in [1.29, 1.82) is 0 Å². The van der Waals surface area contributed by atoms with Crippen molar-refractivity contribution in [2.75, 3.05) is 26.2 Å². The second kappa shape index (κ2) is 7.60. The summed E-state index contributed by atoms with van der Waals surface area (Å²) < 4.78 is 0. The van der Waals surface area contributed by atoms with Crippen LogP contribution in [-0.2, 0) is 0 Å². The molecule has 2 unspecified atom stereocenters. The van der Waals surface area contributed by atoms with Crippen LogP contribution in [0.4, 0.5) is 0 Å². The zero-order valence-electron chi connectivity index (χ0n) is 11.5. The van der Waals surface area contributed by atoms with Crippen LogP contribution in [0.15, 0.2) is 0 Å². The molecule has 1 heterocycles. The molecule has 1 saturated heterocycles. The third kappa shape index (κ3) is 4.76. The summed E-state index contributed by atoms with van der Waals surface area (Å²) in [6, 6.07) is 0.745. The molecule has 2 nitrogen and oxygen atoms in total. The highest BCUT2D eigenvalue weighted by Gasteiger charge is 2.22. The molecule has 0 bridgehead atoms. The first kappa shape index (κ1) is 15.3. The first-order valence-corrected chi connectivity index (χ1v) is 7.20. The standard InChI is InChI=1S/C14H28N2.ClH/c1-12-4-3-5-14(10-12)6-8-16-9-7-15-11-13(16)2;/h12-15H,3-11H2,1-2H3;1H/t12?,13-,14?;/m0./s1. The van der Waals surface area contributed by atoms with Gasteiger partial charge in [-0.2, -0.15) is 0 Å². The third-order valence-electron chi connectivity index (χ3n) is 4.51. The minimum absolute atomic E-state index is 0. The van der Waals surface area contributed by atoms with Crippen molar-refractivity contribution >= 4 is 12.4 Å². The van der Waals surface area contributed by atoms with Crippen LogP contribution < -0.4 is 5.32 Å². The van der Waals surface area contributed by atoms with E-state index in [1.165, 1.54) is 58.3 Å². The van der Waals surface area contributed by atoms with E-state index in [-0.39, 0.29) is 12.4 Å². The largest absolute Gasteiger partial charge is 0.314 e. The van der Waals surface area contributed by atoms with Gasteiger partial charge in [0.1, 0.15) is 0 Å². The Labute approximate surface area is 113 Å². The molecule has 1 saturated carbocycles. The Morgan fingerprint density at radius 1 is 1.24 bits per heavy atom. The molecule has 1 aliphatic heterocycles. The maximum absolute atomic E-state index is 3.47. The molecule has 0 aromatic carbocycles. The fraction of sp³-hybridized carbons (Fsp3) is 1.00. The molecule has 0 aromatic rings. The van der Waals surface area contributed by atoms with Gasteiger partial charge in [-0.1, -0.05) is 26.2 Å². The van der Waals surface area contributed by atoms with E-state index < -0.39 is 0 Å². The van der Waals surface area contributed by atoms with Gasteiger partial charge in [-0.15, -0.1) is 12.4 Å². The van der Waals surface area contributed by atoms with Crippen molar-refractivity contribution in [2.24, 2.45) is 11.8 Å². The van der Waals surface area contributed by atoms with E-state index in [0.29, 0.717) is 0 Å². The van der Waals surface area contributed by atoms with Gasteiger partial charge in [0.25, 0.3) is 0 Å². The molecule has 0 aromatic heterocycles. The predicted molar refractivity (Wildman–Crippen MR) is 76.9 cm³/mol. The number of hydrogen-bond donors (Lipinski definition) is 1. The maximum atomic E-state index is 3.47. The molecular weight excluding hydrogens is 232 g/mol. The summed E-state index contributed by atoms with van der Waals surface area (Å²) in [4.78, 5) is 2.68. The minimum atomic E-state index is 0. The highest BCUT2D eigenvalue weighted by Crippen LogP contribution is 2.30. The summed E-state index contributed by atoms with van der Waals surface area (Å²) in [5.41, 5.74) is 0. The van der Waals surface area contributed by atoms with E-state index >= 15 is 0 Å². The molecule has 2 fully saturated rings. The minimum Gasteiger partial charge on any atom is -0.314 e. The number of nitrogens with zero attached hydrogens (tertiary/aromatic N) is 1. The molecule has 1 aliphatic carbocycles. The van der Waals surface area contributed by atoms with Gasteiger partial charge in [0.15, 0.2) is 0 Å². The van der Waals surface area contributed by atoms with Gasteiger partial charge in [0, 0.05) is 25.7 Å². The fourth-order valence-corrected chi connectivity index (χ4v) is 3.39. The Hall–Kier alpha value is 0.210. The third-order valence-corrected chi connectivity index (χ3v) is 4.51. The predicted octanol–water partition coefficient (Wildman–Crippen LogP) is 2.92. The van der Waals surface area contributed by atoms with Crippen LogP contribution in [0.25, 0.3) is 0 Å². The van der Waals surface area contributed by atoms with Gasteiger partial charge in [-0.05, 0) is 38.1 Å². The Balaban J connectivity index is 0.00000144. The topological polar surface area (TPSA) is 15.3 Å². The van der Waals surface area contributed by atoms with E-state index in [2.05, 4.69) is 24.1 Å². The lowest BCUT2D eigenvalue weighted by atomic mass is 9.81. The van der Waals surface area contributed by atoms with Crippen molar-refractivity contribution in [2.45, 2.75) is 52.0 Å². The SMILES string of the molecule is CC1CCCC(CCN2CCNC[C@@H]2C)C1.Cl. The second-order valence-corrected chi connectivity index (χ2v) is 6.02. The van der Waals surface area contributed by atoms with Crippen LogP contribution in [0.2, 0.25) is 0 Å². The summed E-state index contributed by atoms with van der Waals surface area (Å²) in [6.07, 6.45) is 7.36. The lowest BCUT2D eigenvalue weighted by Crippen LogP contribution is -2.50. The number of halogens is 1. The molecule has 2 rings (SSSR count). The number of piperazine rings is 1. The normalized spacial score (nSPS) is 35.3. The zero-order valence-corrected chi connectivity index (χ0v) is 12.3. The van der Waals surface area contributed by atoms with Gasteiger partial charge in [-0.3, -0.25) is 4.90 Å². The van der Waals surface area contributed by atoms with Crippen molar-refractivity contribution < 1.29 is 0 Å².